The molecule has 0 amide bonds. The van der Waals surface area contributed by atoms with Crippen LogP contribution in [0.5, 0.6) is 0 Å². The van der Waals surface area contributed by atoms with Gasteiger partial charge in [0, 0.05) is 19.1 Å². The van der Waals surface area contributed by atoms with Crippen LogP contribution in [0.3, 0.4) is 0 Å². The zero-order valence-corrected chi connectivity index (χ0v) is 10.6. The number of nitrogens with zero attached hydrogens (tertiary/aromatic N) is 1. The van der Waals surface area contributed by atoms with Crippen molar-refractivity contribution >= 4 is 0 Å². The Bertz CT molecular complexity index is 139. The molecular formula is C13H28N2. The second-order valence-corrected chi connectivity index (χ2v) is 4.90. The highest BCUT2D eigenvalue weighted by atomic mass is 15.1. The van der Waals surface area contributed by atoms with Gasteiger partial charge in [-0.2, -0.15) is 0 Å². The summed E-state index contributed by atoms with van der Waals surface area (Å²) in [6.45, 7) is 9.61. The van der Waals surface area contributed by atoms with Crippen LogP contribution >= 0.6 is 0 Å². The van der Waals surface area contributed by atoms with E-state index >= 15 is 0 Å². The number of hydrogen-bond donors (Lipinski definition) is 1. The molecule has 1 aliphatic heterocycles. The summed E-state index contributed by atoms with van der Waals surface area (Å²) < 4.78 is 0. The molecule has 0 radical (unpaired) electrons. The molecule has 0 aromatic rings. The SMILES string of the molecule is CCCC(C)NCCN1CCCCCC1. The maximum atomic E-state index is 3.61. The maximum Gasteiger partial charge on any atom is 0.0107 e. The van der Waals surface area contributed by atoms with Crippen molar-refractivity contribution in [1.82, 2.24) is 10.2 Å². The fraction of sp³-hybridized carbons (Fsp3) is 1.00. The summed E-state index contributed by atoms with van der Waals surface area (Å²) in [4.78, 5) is 2.62. The van der Waals surface area contributed by atoms with Gasteiger partial charge in [0.15, 0.2) is 0 Å². The van der Waals surface area contributed by atoms with E-state index in [-0.39, 0.29) is 0 Å². The molecule has 1 N–H and O–H groups in total. The molecule has 0 spiro atoms. The van der Waals surface area contributed by atoms with Crippen molar-refractivity contribution in [2.45, 2.75) is 58.4 Å². The Balaban J connectivity index is 2.02. The summed E-state index contributed by atoms with van der Waals surface area (Å²) in [5.74, 6) is 0. The van der Waals surface area contributed by atoms with Crippen LogP contribution in [-0.2, 0) is 0 Å². The quantitative estimate of drug-likeness (QED) is 0.728. The van der Waals surface area contributed by atoms with Crippen LogP contribution in [0.25, 0.3) is 0 Å². The van der Waals surface area contributed by atoms with E-state index < -0.39 is 0 Å². The molecule has 0 aromatic carbocycles. The first-order valence-corrected chi connectivity index (χ1v) is 6.78. The monoisotopic (exact) mass is 212 g/mol. The third-order valence-corrected chi connectivity index (χ3v) is 3.34. The van der Waals surface area contributed by atoms with Crippen molar-refractivity contribution in [3.8, 4) is 0 Å². The molecule has 2 heteroatoms. The van der Waals surface area contributed by atoms with Crippen molar-refractivity contribution in [2.75, 3.05) is 26.2 Å². The third-order valence-electron chi connectivity index (χ3n) is 3.34. The normalized spacial score (nSPS) is 21.2. The highest BCUT2D eigenvalue weighted by molar-refractivity contribution is 4.66. The molecule has 0 aromatic heterocycles. The van der Waals surface area contributed by atoms with E-state index in [0.29, 0.717) is 6.04 Å². The van der Waals surface area contributed by atoms with Crippen molar-refractivity contribution in [1.29, 1.82) is 0 Å². The number of rotatable bonds is 6. The van der Waals surface area contributed by atoms with Gasteiger partial charge in [0.05, 0.1) is 0 Å². The molecule has 2 nitrogen and oxygen atoms in total. The minimum Gasteiger partial charge on any atom is -0.313 e. The van der Waals surface area contributed by atoms with E-state index in [1.165, 1.54) is 64.7 Å². The van der Waals surface area contributed by atoms with Crippen LogP contribution < -0.4 is 5.32 Å². The molecule has 0 aliphatic carbocycles. The Morgan fingerprint density at radius 2 is 1.80 bits per heavy atom. The summed E-state index contributed by atoms with van der Waals surface area (Å²) in [5.41, 5.74) is 0. The molecule has 1 aliphatic rings. The van der Waals surface area contributed by atoms with Gasteiger partial charge in [-0.1, -0.05) is 26.2 Å². The smallest absolute Gasteiger partial charge is 0.0107 e. The van der Waals surface area contributed by atoms with E-state index in [1.807, 2.05) is 0 Å². The number of nitrogens with one attached hydrogen (secondary N) is 1. The Morgan fingerprint density at radius 3 is 2.40 bits per heavy atom. The average Bonchev–Trinajstić information content (AvgIpc) is 2.47. The van der Waals surface area contributed by atoms with Gasteiger partial charge in [-0.15, -0.1) is 0 Å². The summed E-state index contributed by atoms with van der Waals surface area (Å²) in [5, 5.41) is 3.61. The lowest BCUT2D eigenvalue weighted by Crippen LogP contribution is -2.36. The van der Waals surface area contributed by atoms with Crippen LogP contribution in [0.15, 0.2) is 0 Å². The van der Waals surface area contributed by atoms with E-state index in [1.54, 1.807) is 0 Å². The summed E-state index contributed by atoms with van der Waals surface area (Å²) in [6.07, 6.45) is 8.29. The van der Waals surface area contributed by atoms with Gasteiger partial charge >= 0.3 is 0 Å². The summed E-state index contributed by atoms with van der Waals surface area (Å²) in [6, 6.07) is 0.696. The van der Waals surface area contributed by atoms with Crippen LogP contribution in [0, 0.1) is 0 Å². The molecule has 1 saturated heterocycles. The van der Waals surface area contributed by atoms with Crippen LogP contribution in [0.4, 0.5) is 0 Å². The maximum absolute atomic E-state index is 3.61. The molecule has 1 unspecified atom stereocenters. The molecule has 1 rings (SSSR count). The van der Waals surface area contributed by atoms with Gasteiger partial charge in [0.25, 0.3) is 0 Å². The lowest BCUT2D eigenvalue weighted by atomic mass is 10.2. The van der Waals surface area contributed by atoms with E-state index in [0.717, 1.165) is 0 Å². The zero-order chi connectivity index (χ0) is 10.9. The highest BCUT2D eigenvalue weighted by Gasteiger charge is 2.08. The second-order valence-electron chi connectivity index (χ2n) is 4.90. The predicted octanol–water partition coefficient (Wildman–Crippen LogP) is 2.64. The summed E-state index contributed by atoms with van der Waals surface area (Å²) in [7, 11) is 0. The fourth-order valence-electron chi connectivity index (χ4n) is 2.36. The molecule has 1 atom stereocenters. The van der Waals surface area contributed by atoms with Gasteiger partial charge in [-0.3, -0.25) is 0 Å². The van der Waals surface area contributed by atoms with E-state index in [2.05, 4.69) is 24.1 Å². The minimum absolute atomic E-state index is 0.696. The van der Waals surface area contributed by atoms with Crippen LogP contribution in [0.2, 0.25) is 0 Å². The Kier molecular flexibility index (Phi) is 7.03. The highest BCUT2D eigenvalue weighted by Crippen LogP contribution is 2.08. The standard InChI is InChI=1S/C13H28N2/c1-3-8-13(2)14-9-12-15-10-6-4-5-7-11-15/h13-14H,3-12H2,1-2H3. The van der Waals surface area contributed by atoms with E-state index in [9.17, 15) is 0 Å². The largest absolute Gasteiger partial charge is 0.313 e. The van der Waals surface area contributed by atoms with Crippen molar-refractivity contribution < 1.29 is 0 Å². The third kappa shape index (κ3) is 6.16. The molecule has 0 bridgehead atoms. The molecular weight excluding hydrogens is 184 g/mol. The molecule has 1 fully saturated rings. The van der Waals surface area contributed by atoms with Crippen LogP contribution in [0.1, 0.15) is 52.4 Å². The van der Waals surface area contributed by atoms with Gasteiger partial charge in [0.2, 0.25) is 0 Å². The zero-order valence-electron chi connectivity index (χ0n) is 10.6. The first kappa shape index (κ1) is 13.0. The number of hydrogen-bond acceptors (Lipinski definition) is 2. The van der Waals surface area contributed by atoms with Gasteiger partial charge < -0.3 is 10.2 Å². The van der Waals surface area contributed by atoms with Gasteiger partial charge in [-0.05, 0) is 39.3 Å². The predicted molar refractivity (Wildman–Crippen MR) is 67.3 cm³/mol. The lowest BCUT2D eigenvalue weighted by molar-refractivity contribution is 0.279. The van der Waals surface area contributed by atoms with Crippen molar-refractivity contribution in [3.05, 3.63) is 0 Å². The Hall–Kier alpha value is -0.0800. The Morgan fingerprint density at radius 1 is 1.13 bits per heavy atom. The minimum atomic E-state index is 0.696. The summed E-state index contributed by atoms with van der Waals surface area (Å²) >= 11 is 0. The molecule has 0 saturated carbocycles. The lowest BCUT2D eigenvalue weighted by Gasteiger charge is -2.21. The number of likely N-dealkylation sites (tertiary alicyclic amines) is 1. The van der Waals surface area contributed by atoms with Gasteiger partial charge in [-0.25, -0.2) is 0 Å². The molecule has 1 heterocycles. The topological polar surface area (TPSA) is 15.3 Å². The van der Waals surface area contributed by atoms with Gasteiger partial charge in [0.1, 0.15) is 0 Å². The Labute approximate surface area is 95.4 Å². The van der Waals surface area contributed by atoms with Crippen molar-refractivity contribution in [3.63, 3.8) is 0 Å². The van der Waals surface area contributed by atoms with Crippen LogP contribution in [-0.4, -0.2) is 37.1 Å². The first-order chi connectivity index (χ1) is 7.33. The second kappa shape index (κ2) is 8.12. The average molecular weight is 212 g/mol. The molecule has 90 valence electrons. The van der Waals surface area contributed by atoms with E-state index in [4.69, 9.17) is 0 Å². The molecule has 15 heavy (non-hydrogen) atoms. The first-order valence-electron chi connectivity index (χ1n) is 6.78. The fourth-order valence-corrected chi connectivity index (χ4v) is 2.36. The van der Waals surface area contributed by atoms with Crippen molar-refractivity contribution in [2.24, 2.45) is 0 Å².